The van der Waals surface area contributed by atoms with Crippen LogP contribution in [-0.4, -0.2) is 40.0 Å². The minimum atomic E-state index is -0.765. The molecule has 5 nitrogen and oxygen atoms in total. The van der Waals surface area contributed by atoms with E-state index in [1.54, 1.807) is 5.38 Å². The van der Waals surface area contributed by atoms with Gasteiger partial charge in [-0.1, -0.05) is 0 Å². The molecule has 0 unspecified atom stereocenters. The third-order valence-electron chi connectivity index (χ3n) is 3.41. The molecule has 2 heterocycles. The van der Waals surface area contributed by atoms with E-state index in [4.69, 9.17) is 5.11 Å². The van der Waals surface area contributed by atoms with Crippen LogP contribution in [0.15, 0.2) is 5.38 Å². The second-order valence-corrected chi connectivity index (χ2v) is 6.01. The van der Waals surface area contributed by atoms with E-state index in [0.29, 0.717) is 24.6 Å². The maximum atomic E-state index is 12.3. The number of nitrogens with zero attached hydrogens (tertiary/aromatic N) is 2. The summed E-state index contributed by atoms with van der Waals surface area (Å²) in [5.74, 6) is -0.489. The van der Waals surface area contributed by atoms with Gasteiger partial charge in [-0.25, -0.2) is 4.98 Å². The Bertz CT molecular complexity index is 472. The second kappa shape index (κ2) is 6.14. The molecule has 1 aromatic rings. The number of aromatic nitrogens is 1. The summed E-state index contributed by atoms with van der Waals surface area (Å²) in [5.41, 5.74) is 0.515. The molecule has 1 saturated heterocycles. The number of thiazole rings is 1. The third kappa shape index (κ3) is 3.76. The second-order valence-electron chi connectivity index (χ2n) is 4.94. The van der Waals surface area contributed by atoms with Crippen LogP contribution in [-0.2, 0) is 4.79 Å². The highest BCUT2D eigenvalue weighted by atomic mass is 32.1. The zero-order valence-corrected chi connectivity index (χ0v) is 11.8. The first-order valence-electron chi connectivity index (χ1n) is 6.49. The molecular formula is C13H18N2O3S. The maximum absolute atomic E-state index is 12.3. The van der Waals surface area contributed by atoms with Crippen molar-refractivity contribution in [3.05, 3.63) is 16.1 Å². The molecule has 1 aliphatic rings. The number of hydrogen-bond donors (Lipinski definition) is 1. The number of likely N-dealkylation sites (tertiary alicyclic amines) is 1. The summed E-state index contributed by atoms with van der Waals surface area (Å²) in [4.78, 5) is 28.9. The van der Waals surface area contributed by atoms with Crippen molar-refractivity contribution < 1.29 is 14.7 Å². The zero-order valence-electron chi connectivity index (χ0n) is 11.0. The Hall–Kier alpha value is -1.43. The lowest BCUT2D eigenvalue weighted by Gasteiger charge is -2.32. The van der Waals surface area contributed by atoms with Gasteiger partial charge in [0.1, 0.15) is 5.69 Å². The van der Waals surface area contributed by atoms with E-state index >= 15 is 0 Å². The fraction of sp³-hybridized carbons (Fsp3) is 0.615. The van der Waals surface area contributed by atoms with Gasteiger partial charge >= 0.3 is 5.97 Å². The highest BCUT2D eigenvalue weighted by Gasteiger charge is 2.25. The van der Waals surface area contributed by atoms with Crippen LogP contribution in [0, 0.1) is 12.8 Å². The van der Waals surface area contributed by atoms with E-state index in [2.05, 4.69) is 4.98 Å². The molecule has 2 rings (SSSR count). The lowest BCUT2D eigenvalue weighted by Crippen LogP contribution is -2.40. The monoisotopic (exact) mass is 282 g/mol. The van der Waals surface area contributed by atoms with Gasteiger partial charge in [0.05, 0.1) is 5.01 Å². The molecule has 1 N–H and O–H groups in total. The van der Waals surface area contributed by atoms with E-state index in [0.717, 1.165) is 24.4 Å². The summed E-state index contributed by atoms with van der Waals surface area (Å²) < 4.78 is 0. The van der Waals surface area contributed by atoms with Crippen LogP contribution in [0.4, 0.5) is 0 Å². The summed E-state index contributed by atoms with van der Waals surface area (Å²) in [6.07, 6.45) is 2.78. The highest BCUT2D eigenvalue weighted by Crippen LogP contribution is 2.22. The number of carboxylic acids is 1. The van der Waals surface area contributed by atoms with E-state index < -0.39 is 5.97 Å². The Kier molecular flexibility index (Phi) is 4.52. The number of aryl methyl sites for hydroxylation is 1. The van der Waals surface area contributed by atoms with Gasteiger partial charge in [0, 0.05) is 24.9 Å². The normalized spacial score (nSPS) is 19.4. The number of carboxylic acid groups (broad SMARTS) is 1. The molecule has 6 heteroatoms. The largest absolute Gasteiger partial charge is 0.481 e. The molecule has 0 aromatic carbocycles. The summed E-state index contributed by atoms with van der Waals surface area (Å²) in [7, 11) is 0. The van der Waals surface area contributed by atoms with Crippen molar-refractivity contribution in [2.24, 2.45) is 5.92 Å². The van der Waals surface area contributed by atoms with Crippen molar-refractivity contribution in [3.63, 3.8) is 0 Å². The average Bonchev–Trinajstić information content (AvgIpc) is 2.82. The van der Waals surface area contributed by atoms with Crippen molar-refractivity contribution in [2.75, 3.05) is 13.1 Å². The van der Waals surface area contributed by atoms with Crippen LogP contribution in [0.3, 0.4) is 0 Å². The van der Waals surface area contributed by atoms with Crippen LogP contribution in [0.2, 0.25) is 0 Å². The fourth-order valence-electron chi connectivity index (χ4n) is 2.44. The molecular weight excluding hydrogens is 264 g/mol. The molecule has 0 aliphatic carbocycles. The van der Waals surface area contributed by atoms with Gasteiger partial charge < -0.3 is 10.0 Å². The first-order chi connectivity index (χ1) is 9.06. The van der Waals surface area contributed by atoms with Gasteiger partial charge in [0.15, 0.2) is 0 Å². The van der Waals surface area contributed by atoms with Crippen LogP contribution >= 0.6 is 11.3 Å². The fourth-order valence-corrected chi connectivity index (χ4v) is 3.02. The lowest BCUT2D eigenvalue weighted by atomic mass is 9.93. The lowest BCUT2D eigenvalue weighted by molar-refractivity contribution is -0.137. The maximum Gasteiger partial charge on any atom is 0.303 e. The Balaban J connectivity index is 1.93. The number of carbonyl (C=O) groups excluding carboxylic acids is 1. The van der Waals surface area contributed by atoms with Crippen molar-refractivity contribution in [1.29, 1.82) is 0 Å². The predicted molar refractivity (Wildman–Crippen MR) is 72.3 cm³/mol. The topological polar surface area (TPSA) is 70.5 Å². The molecule has 1 atom stereocenters. The number of hydrogen-bond acceptors (Lipinski definition) is 4. The van der Waals surface area contributed by atoms with Crippen LogP contribution in [0.1, 0.15) is 41.2 Å². The summed E-state index contributed by atoms with van der Waals surface area (Å²) in [6, 6.07) is 0. The summed E-state index contributed by atoms with van der Waals surface area (Å²) in [5, 5.41) is 11.4. The van der Waals surface area contributed by atoms with Crippen molar-refractivity contribution in [1.82, 2.24) is 9.88 Å². The molecule has 19 heavy (non-hydrogen) atoms. The Morgan fingerprint density at radius 2 is 2.37 bits per heavy atom. The first-order valence-corrected chi connectivity index (χ1v) is 7.37. The molecule has 1 fully saturated rings. The summed E-state index contributed by atoms with van der Waals surface area (Å²) >= 11 is 1.48. The van der Waals surface area contributed by atoms with E-state index in [-0.39, 0.29) is 12.3 Å². The molecule has 0 bridgehead atoms. The van der Waals surface area contributed by atoms with Crippen molar-refractivity contribution in [3.8, 4) is 0 Å². The highest BCUT2D eigenvalue weighted by molar-refractivity contribution is 7.09. The smallest absolute Gasteiger partial charge is 0.303 e. The first kappa shape index (κ1) is 14.0. The molecule has 1 amide bonds. The standard InChI is InChI=1S/C13H18N2O3S/c1-9-14-11(8-19-9)13(18)15-6-2-3-10(7-15)4-5-12(16)17/h8,10H,2-7H2,1H3,(H,16,17)/t10-/m0/s1. The van der Waals surface area contributed by atoms with Crippen molar-refractivity contribution >= 4 is 23.2 Å². The van der Waals surface area contributed by atoms with Gasteiger partial charge in [-0.2, -0.15) is 0 Å². The number of rotatable bonds is 4. The molecule has 0 saturated carbocycles. The molecule has 104 valence electrons. The number of piperidine rings is 1. The number of aliphatic carboxylic acids is 1. The SMILES string of the molecule is Cc1nc(C(=O)N2CCC[C@@H](CCC(=O)O)C2)cs1. The number of amides is 1. The Morgan fingerprint density at radius 1 is 1.58 bits per heavy atom. The van der Waals surface area contributed by atoms with Crippen LogP contribution < -0.4 is 0 Å². The van der Waals surface area contributed by atoms with Gasteiger partial charge in [-0.15, -0.1) is 11.3 Å². The summed E-state index contributed by atoms with van der Waals surface area (Å²) in [6.45, 7) is 3.29. The van der Waals surface area contributed by atoms with Crippen molar-refractivity contribution in [2.45, 2.75) is 32.6 Å². The zero-order chi connectivity index (χ0) is 13.8. The quantitative estimate of drug-likeness (QED) is 0.918. The van der Waals surface area contributed by atoms with E-state index in [9.17, 15) is 9.59 Å². The molecule has 0 spiro atoms. The molecule has 0 radical (unpaired) electrons. The Labute approximate surface area is 116 Å². The molecule has 1 aromatic heterocycles. The van der Waals surface area contributed by atoms with Crippen LogP contribution in [0.25, 0.3) is 0 Å². The third-order valence-corrected chi connectivity index (χ3v) is 4.18. The minimum Gasteiger partial charge on any atom is -0.481 e. The van der Waals surface area contributed by atoms with Gasteiger partial charge in [0.2, 0.25) is 0 Å². The van der Waals surface area contributed by atoms with Gasteiger partial charge in [0.25, 0.3) is 5.91 Å². The number of carbonyl (C=O) groups is 2. The van der Waals surface area contributed by atoms with E-state index in [1.165, 1.54) is 11.3 Å². The van der Waals surface area contributed by atoms with Gasteiger partial charge in [-0.05, 0) is 32.1 Å². The molecule has 1 aliphatic heterocycles. The van der Waals surface area contributed by atoms with Crippen LogP contribution in [0.5, 0.6) is 0 Å². The van der Waals surface area contributed by atoms with E-state index in [1.807, 2.05) is 11.8 Å². The minimum absolute atomic E-state index is 0.0237. The average molecular weight is 282 g/mol. The predicted octanol–water partition coefficient (Wildman–Crippen LogP) is 2.17. The van der Waals surface area contributed by atoms with Gasteiger partial charge in [-0.3, -0.25) is 9.59 Å². The Morgan fingerprint density at radius 3 is 3.00 bits per heavy atom.